The van der Waals surface area contributed by atoms with Crippen LogP contribution in [0.25, 0.3) is 0 Å². The molecule has 0 radical (unpaired) electrons. The third-order valence-electron chi connectivity index (χ3n) is 0.930. The van der Waals surface area contributed by atoms with Crippen molar-refractivity contribution in [3.8, 4) is 12.3 Å². The number of aliphatic carboxylic acids is 1. The molecule has 0 aromatic heterocycles. The Morgan fingerprint density at radius 3 is 2.45 bits per heavy atom. The van der Waals surface area contributed by atoms with Gasteiger partial charge in [-0.25, -0.2) is 8.42 Å². The molecule has 0 saturated carbocycles. The average molecular weight is 176 g/mol. The van der Waals surface area contributed by atoms with Crippen molar-refractivity contribution in [1.29, 1.82) is 0 Å². The molecule has 62 valence electrons. The summed E-state index contributed by atoms with van der Waals surface area (Å²) in [7, 11) is -3.34. The lowest BCUT2D eigenvalue weighted by Gasteiger charge is -1.95. The standard InChI is InChI=1S/C6H8O4S/c1-2-4-11(9,10)5-3-6(7)8/h1H,3-5H2,(H,7,8). The minimum atomic E-state index is -3.34. The van der Waals surface area contributed by atoms with E-state index >= 15 is 0 Å². The van der Waals surface area contributed by atoms with Gasteiger partial charge in [-0.15, -0.1) is 6.42 Å². The maximum Gasteiger partial charge on any atom is 0.304 e. The lowest BCUT2D eigenvalue weighted by Crippen LogP contribution is -2.12. The Balaban J connectivity index is 3.96. The van der Waals surface area contributed by atoms with E-state index in [2.05, 4.69) is 0 Å². The maximum absolute atomic E-state index is 10.7. The van der Waals surface area contributed by atoms with E-state index in [-0.39, 0.29) is 17.9 Å². The second-order valence-corrected chi connectivity index (χ2v) is 4.12. The molecule has 0 atom stereocenters. The van der Waals surface area contributed by atoms with Crippen LogP contribution in [0.3, 0.4) is 0 Å². The highest BCUT2D eigenvalue weighted by molar-refractivity contribution is 7.91. The Bertz CT molecular complexity index is 269. The molecule has 0 aromatic rings. The first-order valence-corrected chi connectivity index (χ1v) is 4.66. The van der Waals surface area contributed by atoms with Crippen molar-refractivity contribution in [3.05, 3.63) is 0 Å². The molecule has 0 saturated heterocycles. The summed E-state index contributed by atoms with van der Waals surface area (Å²) in [6, 6.07) is 0. The van der Waals surface area contributed by atoms with Crippen molar-refractivity contribution in [3.63, 3.8) is 0 Å². The van der Waals surface area contributed by atoms with E-state index in [1.165, 1.54) is 0 Å². The van der Waals surface area contributed by atoms with Crippen LogP contribution in [0.2, 0.25) is 0 Å². The van der Waals surface area contributed by atoms with E-state index in [0.29, 0.717) is 0 Å². The molecule has 5 heteroatoms. The molecule has 0 unspecified atom stereocenters. The Hall–Kier alpha value is -1.02. The maximum atomic E-state index is 10.7. The molecule has 1 N–H and O–H groups in total. The van der Waals surface area contributed by atoms with Crippen LogP contribution in [0.4, 0.5) is 0 Å². The van der Waals surface area contributed by atoms with Gasteiger partial charge in [0.2, 0.25) is 0 Å². The predicted molar refractivity (Wildman–Crippen MR) is 39.7 cm³/mol. The summed E-state index contributed by atoms with van der Waals surface area (Å²) in [4.78, 5) is 9.93. The molecule has 4 nitrogen and oxygen atoms in total. The van der Waals surface area contributed by atoms with Crippen molar-refractivity contribution in [1.82, 2.24) is 0 Å². The third kappa shape index (κ3) is 5.43. The predicted octanol–water partition coefficient (Wildman–Crippen LogP) is -0.491. The molecular weight excluding hydrogens is 168 g/mol. The minimum absolute atomic E-state index is 0.382. The monoisotopic (exact) mass is 176 g/mol. The number of sulfone groups is 1. The quantitative estimate of drug-likeness (QED) is 0.587. The lowest BCUT2D eigenvalue weighted by atomic mass is 10.5. The highest BCUT2D eigenvalue weighted by atomic mass is 32.2. The normalized spacial score (nSPS) is 10.5. The van der Waals surface area contributed by atoms with Gasteiger partial charge in [0, 0.05) is 0 Å². The Labute approximate surface area is 65.1 Å². The van der Waals surface area contributed by atoms with Crippen molar-refractivity contribution in [2.45, 2.75) is 6.42 Å². The van der Waals surface area contributed by atoms with E-state index in [9.17, 15) is 13.2 Å². The van der Waals surface area contributed by atoms with Gasteiger partial charge in [-0.05, 0) is 0 Å². The summed E-state index contributed by atoms with van der Waals surface area (Å²) in [5, 5.41) is 8.13. The number of carboxylic acid groups (broad SMARTS) is 1. The highest BCUT2D eigenvalue weighted by Gasteiger charge is 2.10. The van der Waals surface area contributed by atoms with Gasteiger partial charge in [-0.1, -0.05) is 5.92 Å². The van der Waals surface area contributed by atoms with Crippen molar-refractivity contribution >= 4 is 15.8 Å². The number of hydrogen-bond donors (Lipinski definition) is 1. The molecule has 0 bridgehead atoms. The first-order chi connectivity index (χ1) is 4.98. The van der Waals surface area contributed by atoms with Gasteiger partial charge in [0.25, 0.3) is 0 Å². The topological polar surface area (TPSA) is 71.4 Å². The first-order valence-electron chi connectivity index (χ1n) is 2.83. The number of hydrogen-bond acceptors (Lipinski definition) is 3. The van der Waals surface area contributed by atoms with Crippen LogP contribution in [-0.2, 0) is 14.6 Å². The largest absolute Gasteiger partial charge is 0.481 e. The minimum Gasteiger partial charge on any atom is -0.481 e. The Morgan fingerprint density at radius 2 is 2.09 bits per heavy atom. The van der Waals surface area contributed by atoms with Crippen LogP contribution in [0.1, 0.15) is 6.42 Å². The van der Waals surface area contributed by atoms with Gasteiger partial charge in [0.1, 0.15) is 5.75 Å². The summed E-state index contributed by atoms with van der Waals surface area (Å²) in [6.07, 6.45) is 4.36. The van der Waals surface area contributed by atoms with Crippen molar-refractivity contribution < 1.29 is 18.3 Å². The van der Waals surface area contributed by atoms with E-state index in [4.69, 9.17) is 11.5 Å². The highest BCUT2D eigenvalue weighted by Crippen LogP contribution is 1.92. The van der Waals surface area contributed by atoms with Gasteiger partial charge in [0.15, 0.2) is 9.84 Å². The van der Waals surface area contributed by atoms with E-state index in [1.807, 2.05) is 5.92 Å². The summed E-state index contributed by atoms with van der Waals surface area (Å²) in [5.41, 5.74) is 0. The summed E-state index contributed by atoms with van der Waals surface area (Å²) in [6.45, 7) is 0. The van der Waals surface area contributed by atoms with E-state index < -0.39 is 15.8 Å². The van der Waals surface area contributed by atoms with Crippen molar-refractivity contribution in [2.24, 2.45) is 0 Å². The molecule has 0 rings (SSSR count). The van der Waals surface area contributed by atoms with Gasteiger partial charge in [-0.2, -0.15) is 0 Å². The fourth-order valence-electron chi connectivity index (χ4n) is 0.442. The molecule has 0 spiro atoms. The van der Waals surface area contributed by atoms with Gasteiger partial charge < -0.3 is 5.11 Å². The van der Waals surface area contributed by atoms with E-state index in [0.717, 1.165) is 0 Å². The molecule has 0 amide bonds. The van der Waals surface area contributed by atoms with Crippen LogP contribution in [0.5, 0.6) is 0 Å². The molecular formula is C6H8O4S. The van der Waals surface area contributed by atoms with Gasteiger partial charge >= 0.3 is 5.97 Å². The van der Waals surface area contributed by atoms with Crippen LogP contribution in [0, 0.1) is 12.3 Å². The van der Waals surface area contributed by atoms with E-state index in [1.54, 1.807) is 0 Å². The molecule has 0 aromatic carbocycles. The van der Waals surface area contributed by atoms with Crippen LogP contribution < -0.4 is 0 Å². The average Bonchev–Trinajstić information content (AvgIpc) is 1.84. The lowest BCUT2D eigenvalue weighted by molar-refractivity contribution is -0.136. The Kier molecular flexibility index (Phi) is 3.61. The molecule has 0 heterocycles. The first kappa shape index (κ1) is 9.98. The fourth-order valence-corrected chi connectivity index (χ4v) is 1.33. The van der Waals surface area contributed by atoms with Gasteiger partial charge in [0.05, 0.1) is 12.2 Å². The summed E-state index contributed by atoms with van der Waals surface area (Å²) < 4.78 is 21.5. The molecule has 0 aliphatic heterocycles. The van der Waals surface area contributed by atoms with Crippen molar-refractivity contribution in [2.75, 3.05) is 11.5 Å². The number of carbonyl (C=O) groups is 1. The summed E-state index contributed by atoms with van der Waals surface area (Å²) in [5.74, 6) is 0.0461. The zero-order valence-corrected chi connectivity index (χ0v) is 6.60. The van der Waals surface area contributed by atoms with Gasteiger partial charge in [-0.3, -0.25) is 4.79 Å². The second kappa shape index (κ2) is 3.98. The second-order valence-electron chi connectivity index (χ2n) is 1.94. The SMILES string of the molecule is C#CCS(=O)(=O)CCC(=O)O. The molecule has 11 heavy (non-hydrogen) atoms. The zero-order chi connectivity index (χ0) is 8.91. The molecule has 0 aliphatic rings. The number of rotatable bonds is 4. The number of terminal acetylenes is 1. The third-order valence-corrected chi connectivity index (χ3v) is 2.36. The fraction of sp³-hybridized carbons (Fsp3) is 0.500. The number of carboxylic acids is 1. The molecule has 0 fully saturated rings. The van der Waals surface area contributed by atoms with Crippen LogP contribution >= 0.6 is 0 Å². The Morgan fingerprint density at radius 1 is 1.55 bits per heavy atom. The zero-order valence-electron chi connectivity index (χ0n) is 5.78. The smallest absolute Gasteiger partial charge is 0.304 e. The molecule has 0 aliphatic carbocycles. The van der Waals surface area contributed by atoms with Crippen LogP contribution in [0.15, 0.2) is 0 Å². The summed E-state index contributed by atoms with van der Waals surface area (Å²) >= 11 is 0. The van der Waals surface area contributed by atoms with Crippen LogP contribution in [-0.4, -0.2) is 31.0 Å².